The average molecular weight is 280 g/mol. The number of aliphatic hydroxyl groups excluding tert-OH is 1. The lowest BCUT2D eigenvalue weighted by Gasteiger charge is -2.36. The number of rotatable bonds is 6. The highest BCUT2D eigenvalue weighted by molar-refractivity contribution is 5.83. The highest BCUT2D eigenvalue weighted by Crippen LogP contribution is 2.42. The lowest BCUT2D eigenvalue weighted by molar-refractivity contribution is -0.147. The number of hydrogen-bond acceptors (Lipinski definition) is 4. The van der Waals surface area contributed by atoms with Crippen LogP contribution >= 0.6 is 0 Å². The predicted octanol–water partition coefficient (Wildman–Crippen LogP) is 1.58. The van der Waals surface area contributed by atoms with E-state index < -0.39 is 17.5 Å². The lowest BCUT2D eigenvalue weighted by atomic mass is 9.72. The lowest BCUT2D eigenvalue weighted by Crippen LogP contribution is -2.44. The summed E-state index contributed by atoms with van der Waals surface area (Å²) in [5, 5.41) is 19.7. The fourth-order valence-corrected chi connectivity index (χ4v) is 2.69. The van der Waals surface area contributed by atoms with Crippen molar-refractivity contribution in [2.75, 3.05) is 19.8 Å². The maximum absolute atomic E-state index is 11.8. The second-order valence-corrected chi connectivity index (χ2v) is 5.00. The van der Waals surface area contributed by atoms with Crippen LogP contribution in [0.3, 0.4) is 0 Å². The van der Waals surface area contributed by atoms with Crippen LogP contribution < -0.4 is 4.74 Å². The normalized spacial score (nSPS) is 22.7. The molecule has 5 heteroatoms. The average Bonchev–Trinajstić information content (AvgIpc) is 2.45. The van der Waals surface area contributed by atoms with Gasteiger partial charge in [-0.25, -0.2) is 0 Å². The molecule has 0 fully saturated rings. The number of ether oxygens (including phenoxy) is 2. The van der Waals surface area contributed by atoms with Crippen molar-refractivity contribution in [2.24, 2.45) is 0 Å². The van der Waals surface area contributed by atoms with Gasteiger partial charge in [0.05, 0.1) is 19.3 Å². The van der Waals surface area contributed by atoms with E-state index in [1.807, 2.05) is 13.0 Å². The Hall–Kier alpha value is -1.59. The van der Waals surface area contributed by atoms with Crippen molar-refractivity contribution < 1.29 is 24.5 Å². The summed E-state index contributed by atoms with van der Waals surface area (Å²) in [7, 11) is 0. The second-order valence-electron chi connectivity index (χ2n) is 5.00. The molecule has 0 aliphatic carbocycles. The molecular formula is C15H20O5. The largest absolute Gasteiger partial charge is 0.493 e. The monoisotopic (exact) mass is 280 g/mol. The van der Waals surface area contributed by atoms with Gasteiger partial charge in [-0.2, -0.15) is 0 Å². The van der Waals surface area contributed by atoms with Crippen molar-refractivity contribution in [3.63, 3.8) is 0 Å². The minimum absolute atomic E-state index is 0.128. The van der Waals surface area contributed by atoms with Gasteiger partial charge in [0.2, 0.25) is 0 Å². The molecular weight excluding hydrogens is 260 g/mol. The molecule has 1 aromatic carbocycles. The Balaban J connectivity index is 2.29. The fraction of sp³-hybridized carbons (Fsp3) is 0.533. The highest BCUT2D eigenvalue weighted by Gasteiger charge is 2.45. The van der Waals surface area contributed by atoms with E-state index in [4.69, 9.17) is 9.47 Å². The zero-order chi connectivity index (χ0) is 14.6. The molecule has 20 heavy (non-hydrogen) atoms. The first-order chi connectivity index (χ1) is 9.60. The van der Waals surface area contributed by atoms with Crippen molar-refractivity contribution in [3.05, 3.63) is 29.8 Å². The quantitative estimate of drug-likeness (QED) is 0.827. The number of carboxylic acids is 1. The first-order valence-electron chi connectivity index (χ1n) is 6.81. The molecule has 1 aromatic rings. The summed E-state index contributed by atoms with van der Waals surface area (Å²) in [6.45, 7) is 2.82. The van der Waals surface area contributed by atoms with Crippen molar-refractivity contribution in [3.8, 4) is 5.75 Å². The van der Waals surface area contributed by atoms with E-state index in [9.17, 15) is 15.0 Å². The number of aliphatic carboxylic acids is 1. The molecule has 2 rings (SSSR count). The Morgan fingerprint density at radius 2 is 2.25 bits per heavy atom. The van der Waals surface area contributed by atoms with E-state index in [2.05, 4.69) is 0 Å². The topological polar surface area (TPSA) is 76.0 Å². The molecule has 110 valence electrons. The van der Waals surface area contributed by atoms with Crippen LogP contribution in [-0.2, 0) is 14.9 Å². The van der Waals surface area contributed by atoms with E-state index in [1.165, 1.54) is 0 Å². The third-order valence-electron chi connectivity index (χ3n) is 3.70. The summed E-state index contributed by atoms with van der Waals surface area (Å²) < 4.78 is 10.7. The highest BCUT2D eigenvalue weighted by atomic mass is 16.5. The summed E-state index contributed by atoms with van der Waals surface area (Å²) in [6, 6.07) is 7.13. The van der Waals surface area contributed by atoms with E-state index in [0.29, 0.717) is 30.9 Å². The van der Waals surface area contributed by atoms with Gasteiger partial charge in [0.1, 0.15) is 11.2 Å². The van der Waals surface area contributed by atoms with Crippen molar-refractivity contribution in [2.45, 2.75) is 31.3 Å². The molecule has 0 radical (unpaired) electrons. The molecule has 0 saturated heterocycles. The zero-order valence-corrected chi connectivity index (χ0v) is 11.5. The van der Waals surface area contributed by atoms with Crippen molar-refractivity contribution in [1.29, 1.82) is 0 Å². The molecule has 1 aliphatic heterocycles. The maximum Gasteiger partial charge on any atom is 0.314 e. The zero-order valence-electron chi connectivity index (χ0n) is 11.5. The fourth-order valence-electron chi connectivity index (χ4n) is 2.69. The molecule has 0 spiro atoms. The number of carbonyl (C=O) groups is 1. The number of carboxylic acid groups (broad SMARTS) is 1. The van der Waals surface area contributed by atoms with Crippen LogP contribution in [0.4, 0.5) is 0 Å². The molecule has 2 atom stereocenters. The van der Waals surface area contributed by atoms with Crippen LogP contribution in [0.2, 0.25) is 0 Å². The first kappa shape index (κ1) is 14.8. The van der Waals surface area contributed by atoms with Crippen molar-refractivity contribution >= 4 is 5.97 Å². The standard InChI is InChI=1S/C15H20O5/c1-2-19-10-11(16)9-15(14(17)18)7-8-20-13-6-4-3-5-12(13)15/h3-6,11,16H,2,7-10H2,1H3,(H,17,18). The number of hydrogen-bond donors (Lipinski definition) is 2. The molecule has 0 bridgehead atoms. The van der Waals surface area contributed by atoms with Crippen LogP contribution in [0.15, 0.2) is 24.3 Å². The minimum atomic E-state index is -1.11. The summed E-state index contributed by atoms with van der Waals surface area (Å²) in [4.78, 5) is 11.8. The van der Waals surface area contributed by atoms with Crippen LogP contribution in [0.1, 0.15) is 25.3 Å². The number of aliphatic hydroxyl groups is 1. The number of para-hydroxylation sites is 1. The van der Waals surface area contributed by atoms with Gasteiger partial charge >= 0.3 is 5.97 Å². The SMILES string of the molecule is CCOCC(O)CC1(C(=O)O)CCOc2ccccc21. The van der Waals surface area contributed by atoms with E-state index in [1.54, 1.807) is 18.2 Å². The molecule has 1 aliphatic rings. The third-order valence-corrected chi connectivity index (χ3v) is 3.70. The molecule has 5 nitrogen and oxygen atoms in total. The Labute approximate surface area is 118 Å². The Bertz CT molecular complexity index is 473. The van der Waals surface area contributed by atoms with E-state index >= 15 is 0 Å². The van der Waals surface area contributed by atoms with E-state index in [0.717, 1.165) is 0 Å². The van der Waals surface area contributed by atoms with Gasteiger partial charge in [0.25, 0.3) is 0 Å². The smallest absolute Gasteiger partial charge is 0.314 e. The van der Waals surface area contributed by atoms with Gasteiger partial charge in [-0.3, -0.25) is 4.79 Å². The maximum atomic E-state index is 11.8. The van der Waals surface area contributed by atoms with Crippen molar-refractivity contribution in [1.82, 2.24) is 0 Å². The Morgan fingerprint density at radius 3 is 2.95 bits per heavy atom. The van der Waals surface area contributed by atoms with Crippen LogP contribution in [0, 0.1) is 0 Å². The minimum Gasteiger partial charge on any atom is -0.493 e. The Kier molecular flexibility index (Phi) is 4.62. The Morgan fingerprint density at radius 1 is 1.50 bits per heavy atom. The van der Waals surface area contributed by atoms with Gasteiger partial charge < -0.3 is 19.7 Å². The molecule has 1 heterocycles. The first-order valence-corrected chi connectivity index (χ1v) is 6.81. The van der Waals surface area contributed by atoms with Gasteiger partial charge in [0, 0.05) is 18.6 Å². The summed E-state index contributed by atoms with van der Waals surface area (Å²) in [5.74, 6) is -0.339. The van der Waals surface area contributed by atoms with Gasteiger partial charge in [-0.05, 0) is 19.4 Å². The number of benzene rings is 1. The van der Waals surface area contributed by atoms with E-state index in [-0.39, 0.29) is 13.0 Å². The van der Waals surface area contributed by atoms with Gasteiger partial charge in [-0.15, -0.1) is 0 Å². The molecule has 2 N–H and O–H groups in total. The molecule has 0 saturated carbocycles. The third kappa shape index (κ3) is 2.78. The molecule has 0 aromatic heterocycles. The van der Waals surface area contributed by atoms with Crippen LogP contribution in [-0.4, -0.2) is 42.1 Å². The summed E-state index contributed by atoms with van der Waals surface area (Å²) >= 11 is 0. The summed E-state index contributed by atoms with van der Waals surface area (Å²) in [6.07, 6.45) is -0.331. The molecule has 0 amide bonds. The van der Waals surface area contributed by atoms with Crippen LogP contribution in [0.25, 0.3) is 0 Å². The number of fused-ring (bicyclic) bond motifs is 1. The van der Waals surface area contributed by atoms with Gasteiger partial charge in [0.15, 0.2) is 0 Å². The summed E-state index contributed by atoms with van der Waals surface area (Å²) in [5.41, 5.74) is -0.472. The predicted molar refractivity (Wildman–Crippen MR) is 73.0 cm³/mol. The van der Waals surface area contributed by atoms with Crippen LogP contribution in [0.5, 0.6) is 5.75 Å². The molecule has 2 unspecified atom stereocenters. The second kappa shape index (κ2) is 6.24. The van der Waals surface area contributed by atoms with Gasteiger partial charge in [-0.1, -0.05) is 18.2 Å².